The fraction of sp³-hybridized carbons (Fsp3) is 0.714. The molecule has 0 spiro atoms. The fourth-order valence-corrected chi connectivity index (χ4v) is 0.621. The van der Waals surface area contributed by atoms with Gasteiger partial charge < -0.3 is 0 Å². The highest BCUT2D eigenvalue weighted by atomic mass is 35.5. The second-order valence-corrected chi connectivity index (χ2v) is 2.56. The quantitative estimate of drug-likeness (QED) is 0.522. The third kappa shape index (κ3) is 5.97. The first kappa shape index (κ1) is 11.2. The van der Waals surface area contributed by atoms with Crippen LogP contribution in [0.3, 0.4) is 0 Å². The molecule has 12 heavy (non-hydrogen) atoms. The number of alkyl halides is 1. The van der Waals surface area contributed by atoms with Crippen molar-refractivity contribution in [2.24, 2.45) is 0 Å². The van der Waals surface area contributed by atoms with Crippen LogP contribution in [0.2, 0.25) is 0 Å². The van der Waals surface area contributed by atoms with E-state index in [0.717, 1.165) is 0 Å². The minimum atomic E-state index is -0.325. The second-order valence-electron chi connectivity index (χ2n) is 2.19. The smallest absolute Gasteiger partial charge is 0.262 e. The summed E-state index contributed by atoms with van der Waals surface area (Å²) >= 11 is 5.36. The first-order chi connectivity index (χ1) is 5.70. The first-order valence-electron chi connectivity index (χ1n) is 3.79. The number of nitrogens with one attached hydrogen (secondary N) is 1. The average Bonchev–Trinajstić information content (AvgIpc) is 2.10. The average molecular weight is 192 g/mol. The number of hydrogen-bond acceptors (Lipinski definition) is 2. The van der Waals surface area contributed by atoms with Gasteiger partial charge in [-0.3, -0.25) is 9.59 Å². The van der Waals surface area contributed by atoms with Gasteiger partial charge in [0, 0.05) is 18.7 Å². The Kier molecular flexibility index (Phi) is 6.47. The van der Waals surface area contributed by atoms with Crippen LogP contribution >= 0.6 is 11.6 Å². The van der Waals surface area contributed by atoms with Crippen molar-refractivity contribution in [3.63, 3.8) is 0 Å². The van der Waals surface area contributed by atoms with Crippen molar-refractivity contribution in [2.45, 2.75) is 26.2 Å². The summed E-state index contributed by atoms with van der Waals surface area (Å²) in [6.07, 6.45) is 1.21. The summed E-state index contributed by atoms with van der Waals surface area (Å²) in [6, 6.07) is 0. The molecule has 0 atom stereocenters. The molecule has 0 aromatic rings. The van der Waals surface area contributed by atoms with E-state index in [1.54, 1.807) is 6.92 Å². The van der Waals surface area contributed by atoms with Crippen LogP contribution in [0.1, 0.15) is 26.2 Å². The van der Waals surface area contributed by atoms with E-state index in [0.29, 0.717) is 25.1 Å². The van der Waals surface area contributed by atoms with Gasteiger partial charge in [0.25, 0.3) is 5.91 Å². The molecule has 0 fully saturated rings. The summed E-state index contributed by atoms with van der Waals surface area (Å²) < 4.78 is 0. The third-order valence-electron chi connectivity index (χ3n) is 1.15. The number of carbonyl (C=O) groups is 2. The molecule has 0 rings (SSSR count). The van der Waals surface area contributed by atoms with Crippen LogP contribution < -0.4 is 10.9 Å². The fourth-order valence-electron chi connectivity index (χ4n) is 0.487. The third-order valence-corrected chi connectivity index (χ3v) is 1.41. The van der Waals surface area contributed by atoms with Crippen LogP contribution in [0, 0.1) is 0 Å². The van der Waals surface area contributed by atoms with E-state index in [2.05, 4.69) is 10.9 Å². The van der Waals surface area contributed by atoms with Crippen molar-refractivity contribution < 1.29 is 9.59 Å². The van der Waals surface area contributed by atoms with E-state index < -0.39 is 0 Å². The first-order valence-corrected chi connectivity index (χ1v) is 4.32. The molecule has 2 amide bonds. The van der Waals surface area contributed by atoms with Gasteiger partial charge >= 0.3 is 0 Å². The Morgan fingerprint density at radius 2 is 2.17 bits per heavy atom. The Bertz CT molecular complexity index is 161. The Balaban J connectivity index is 3.37. The Labute approximate surface area is 76.6 Å². The molecule has 1 N–H and O–H groups in total. The van der Waals surface area contributed by atoms with E-state index >= 15 is 0 Å². The van der Waals surface area contributed by atoms with Crippen LogP contribution in [0.15, 0.2) is 0 Å². The van der Waals surface area contributed by atoms with Gasteiger partial charge in [-0.25, -0.2) is 5.43 Å². The molecular weight excluding hydrogens is 180 g/mol. The zero-order valence-corrected chi connectivity index (χ0v) is 7.73. The lowest BCUT2D eigenvalue weighted by Crippen LogP contribution is -2.34. The maximum absolute atomic E-state index is 10.8. The number of amides is 2. The largest absolute Gasteiger partial charge is 0.273 e. The van der Waals surface area contributed by atoms with Crippen molar-refractivity contribution in [3.8, 4) is 0 Å². The molecule has 0 aliphatic heterocycles. The molecule has 4 nitrogen and oxygen atoms in total. The lowest BCUT2D eigenvalue weighted by atomic mass is 10.3. The van der Waals surface area contributed by atoms with Gasteiger partial charge in [-0.1, -0.05) is 6.92 Å². The highest BCUT2D eigenvalue weighted by molar-refractivity contribution is 6.17. The van der Waals surface area contributed by atoms with Gasteiger partial charge in [-0.15, -0.1) is 17.0 Å². The normalized spacial score (nSPS) is 9.17. The van der Waals surface area contributed by atoms with Crippen molar-refractivity contribution >= 4 is 23.4 Å². The number of halogens is 1. The summed E-state index contributed by atoms with van der Waals surface area (Å²) in [5, 5.41) is 0. The van der Waals surface area contributed by atoms with E-state index in [4.69, 9.17) is 11.6 Å². The molecule has 0 saturated heterocycles. The predicted molar refractivity (Wildman–Crippen MR) is 45.5 cm³/mol. The zero-order chi connectivity index (χ0) is 9.40. The van der Waals surface area contributed by atoms with Crippen molar-refractivity contribution in [3.05, 3.63) is 0 Å². The molecule has 5 heteroatoms. The van der Waals surface area contributed by atoms with Gasteiger partial charge in [0.2, 0.25) is 5.91 Å². The molecular formula is C7H12ClN2O2. The molecule has 0 aliphatic carbocycles. The second kappa shape index (κ2) is 6.91. The summed E-state index contributed by atoms with van der Waals surface area (Å²) in [4.78, 5) is 21.4. The minimum absolute atomic E-state index is 0.266. The number of rotatable bonds is 4. The molecule has 0 saturated carbocycles. The molecule has 0 bridgehead atoms. The van der Waals surface area contributed by atoms with Crippen LogP contribution in [0.25, 0.3) is 0 Å². The highest BCUT2D eigenvalue weighted by Crippen LogP contribution is 1.90. The van der Waals surface area contributed by atoms with Gasteiger partial charge in [-0.05, 0) is 6.42 Å². The van der Waals surface area contributed by atoms with Crippen molar-refractivity contribution in [1.29, 1.82) is 0 Å². The highest BCUT2D eigenvalue weighted by Gasteiger charge is 2.03. The molecule has 0 heterocycles. The molecule has 0 aromatic carbocycles. The van der Waals surface area contributed by atoms with Gasteiger partial charge in [0.1, 0.15) is 0 Å². The van der Waals surface area contributed by atoms with Crippen LogP contribution in [0.5, 0.6) is 0 Å². The molecule has 0 aromatic heterocycles. The van der Waals surface area contributed by atoms with Crippen molar-refractivity contribution in [2.75, 3.05) is 5.88 Å². The van der Waals surface area contributed by atoms with E-state index in [9.17, 15) is 9.59 Å². The Morgan fingerprint density at radius 3 is 2.67 bits per heavy atom. The topological polar surface area (TPSA) is 60.3 Å². The molecule has 69 valence electrons. The van der Waals surface area contributed by atoms with Gasteiger partial charge in [-0.2, -0.15) is 0 Å². The zero-order valence-electron chi connectivity index (χ0n) is 6.97. The SMILES string of the molecule is CCC(=O)[N]NC(=O)CCCCl. The van der Waals surface area contributed by atoms with E-state index in [-0.39, 0.29) is 11.8 Å². The monoisotopic (exact) mass is 191 g/mol. The summed E-state index contributed by atoms with van der Waals surface area (Å²) in [7, 11) is 0. The van der Waals surface area contributed by atoms with Crippen molar-refractivity contribution in [1.82, 2.24) is 10.9 Å². The molecule has 0 aliphatic rings. The Hall–Kier alpha value is -0.770. The van der Waals surface area contributed by atoms with Crippen LogP contribution in [-0.4, -0.2) is 17.7 Å². The predicted octanol–water partition coefficient (Wildman–Crippen LogP) is 0.578. The molecule has 0 unspecified atom stereocenters. The van der Waals surface area contributed by atoms with E-state index in [1.807, 2.05) is 0 Å². The van der Waals surface area contributed by atoms with Crippen LogP contribution in [0.4, 0.5) is 0 Å². The standard InChI is InChI=1S/C7H12ClN2O2/c1-2-6(11)9-10-7(12)4-3-5-8/h2-5H2,1H3,(H,10,12). The number of hydrogen-bond donors (Lipinski definition) is 1. The summed E-state index contributed by atoms with van der Waals surface area (Å²) in [6.45, 7) is 1.68. The van der Waals surface area contributed by atoms with Gasteiger partial charge in [0.05, 0.1) is 0 Å². The number of carbonyl (C=O) groups excluding carboxylic acids is 2. The lowest BCUT2D eigenvalue weighted by Gasteiger charge is -2.00. The number of nitrogens with zero attached hydrogens (tertiary/aromatic N) is 1. The summed E-state index contributed by atoms with van der Waals surface area (Å²) in [5.41, 5.74) is 5.46. The van der Waals surface area contributed by atoms with Gasteiger partial charge in [0.15, 0.2) is 0 Å². The van der Waals surface area contributed by atoms with E-state index in [1.165, 1.54) is 0 Å². The molecule has 1 radical (unpaired) electrons. The maximum atomic E-state index is 10.8. The maximum Gasteiger partial charge on any atom is 0.262 e. The van der Waals surface area contributed by atoms with Crippen LogP contribution in [-0.2, 0) is 9.59 Å². The minimum Gasteiger partial charge on any atom is -0.273 e. The lowest BCUT2D eigenvalue weighted by molar-refractivity contribution is -0.129. The Morgan fingerprint density at radius 1 is 1.50 bits per heavy atom. The summed E-state index contributed by atoms with van der Waals surface area (Å²) in [5.74, 6) is -0.151.